The van der Waals surface area contributed by atoms with Crippen LogP contribution in [0.3, 0.4) is 0 Å². The first kappa shape index (κ1) is 19.5. The molecule has 0 radical (unpaired) electrons. The van der Waals surface area contributed by atoms with Gasteiger partial charge in [-0.05, 0) is 41.5 Å². The van der Waals surface area contributed by atoms with Gasteiger partial charge in [0.1, 0.15) is 19.0 Å². The average Bonchev–Trinajstić information content (AvgIpc) is 2.81. The van der Waals surface area contributed by atoms with Gasteiger partial charge in [-0.1, -0.05) is 42.5 Å². The Bertz CT molecular complexity index is 1030. The number of rotatable bonds is 7. The Kier molecular flexibility index (Phi) is 5.94. The molecule has 0 N–H and O–H groups in total. The molecule has 3 aromatic rings. The summed E-state index contributed by atoms with van der Waals surface area (Å²) >= 11 is 0. The lowest BCUT2D eigenvalue weighted by atomic mass is 10.1. The summed E-state index contributed by atoms with van der Waals surface area (Å²) in [4.78, 5) is 24.2. The van der Waals surface area contributed by atoms with Crippen molar-refractivity contribution in [2.75, 3.05) is 26.4 Å². The fourth-order valence-corrected chi connectivity index (χ4v) is 3.00. The van der Waals surface area contributed by atoms with E-state index in [1.54, 1.807) is 30.3 Å². The zero-order valence-electron chi connectivity index (χ0n) is 16.2. The Balaban J connectivity index is 1.25. The first-order valence-corrected chi connectivity index (χ1v) is 9.56. The number of carbonyl (C=O) groups is 2. The van der Waals surface area contributed by atoms with Crippen molar-refractivity contribution in [2.24, 2.45) is 0 Å². The van der Waals surface area contributed by atoms with Crippen molar-refractivity contribution in [3.63, 3.8) is 0 Å². The standard InChI is InChI=1S/C24H20O6/c25-21(19-8-11-22-23(14-19)28-13-12-27-22)15-30-24(26)16-29-20-9-6-18(7-10-20)17-4-2-1-3-5-17/h1-11,14H,12-13,15-16H2. The van der Waals surface area contributed by atoms with Crippen LogP contribution in [0.4, 0.5) is 0 Å². The summed E-state index contributed by atoms with van der Waals surface area (Å²) < 4.78 is 21.4. The molecule has 6 heteroatoms. The summed E-state index contributed by atoms with van der Waals surface area (Å²) in [5, 5.41) is 0. The minimum Gasteiger partial charge on any atom is -0.486 e. The van der Waals surface area contributed by atoms with E-state index in [9.17, 15) is 9.59 Å². The number of esters is 1. The van der Waals surface area contributed by atoms with Crippen LogP contribution in [0, 0.1) is 0 Å². The normalized spacial score (nSPS) is 12.1. The van der Waals surface area contributed by atoms with E-state index in [1.165, 1.54) is 0 Å². The molecule has 0 bridgehead atoms. The highest BCUT2D eigenvalue weighted by molar-refractivity contribution is 5.98. The summed E-state index contributed by atoms with van der Waals surface area (Å²) in [7, 11) is 0. The zero-order chi connectivity index (χ0) is 20.8. The number of ketones is 1. The third-order valence-electron chi connectivity index (χ3n) is 4.55. The highest BCUT2D eigenvalue weighted by atomic mass is 16.6. The molecule has 1 heterocycles. The van der Waals surface area contributed by atoms with Gasteiger partial charge in [0.05, 0.1) is 0 Å². The van der Waals surface area contributed by atoms with E-state index in [0.29, 0.717) is 36.0 Å². The van der Waals surface area contributed by atoms with Crippen LogP contribution in [-0.4, -0.2) is 38.2 Å². The molecule has 0 saturated heterocycles. The fraction of sp³-hybridized carbons (Fsp3) is 0.167. The summed E-state index contributed by atoms with van der Waals surface area (Å²) in [5.74, 6) is 0.715. The molecule has 1 aliphatic rings. The molecule has 152 valence electrons. The van der Waals surface area contributed by atoms with Crippen LogP contribution in [0.25, 0.3) is 11.1 Å². The largest absolute Gasteiger partial charge is 0.486 e. The Hall–Kier alpha value is -3.80. The lowest BCUT2D eigenvalue weighted by Gasteiger charge is -2.18. The van der Waals surface area contributed by atoms with Crippen molar-refractivity contribution >= 4 is 11.8 Å². The molecule has 0 spiro atoms. The highest BCUT2D eigenvalue weighted by Crippen LogP contribution is 2.30. The van der Waals surface area contributed by atoms with Crippen molar-refractivity contribution < 1.29 is 28.5 Å². The lowest BCUT2D eigenvalue weighted by Crippen LogP contribution is -2.20. The molecule has 0 aliphatic carbocycles. The highest BCUT2D eigenvalue weighted by Gasteiger charge is 2.16. The zero-order valence-corrected chi connectivity index (χ0v) is 16.2. The molecule has 0 atom stereocenters. The van der Waals surface area contributed by atoms with Crippen LogP contribution in [0.2, 0.25) is 0 Å². The van der Waals surface area contributed by atoms with Gasteiger partial charge >= 0.3 is 5.97 Å². The summed E-state index contributed by atoms with van der Waals surface area (Å²) in [6, 6.07) is 22.2. The number of benzene rings is 3. The molecule has 0 unspecified atom stereocenters. The van der Waals surface area contributed by atoms with Crippen LogP contribution in [-0.2, 0) is 9.53 Å². The fourth-order valence-electron chi connectivity index (χ4n) is 3.00. The van der Waals surface area contributed by atoms with Gasteiger partial charge in [-0.2, -0.15) is 0 Å². The van der Waals surface area contributed by atoms with E-state index < -0.39 is 5.97 Å². The van der Waals surface area contributed by atoms with Crippen LogP contribution < -0.4 is 14.2 Å². The number of fused-ring (bicyclic) bond motifs is 1. The molecule has 6 nitrogen and oxygen atoms in total. The first-order valence-electron chi connectivity index (χ1n) is 9.56. The maximum Gasteiger partial charge on any atom is 0.344 e. The van der Waals surface area contributed by atoms with Crippen molar-refractivity contribution in [2.45, 2.75) is 0 Å². The molecule has 0 amide bonds. The third-order valence-corrected chi connectivity index (χ3v) is 4.55. The predicted molar refractivity (Wildman–Crippen MR) is 110 cm³/mol. The first-order chi connectivity index (χ1) is 14.7. The van der Waals surface area contributed by atoms with Crippen LogP contribution in [0.1, 0.15) is 10.4 Å². The van der Waals surface area contributed by atoms with E-state index in [4.69, 9.17) is 18.9 Å². The van der Waals surface area contributed by atoms with E-state index in [1.807, 2.05) is 42.5 Å². The Morgan fingerprint density at radius 3 is 2.23 bits per heavy atom. The van der Waals surface area contributed by atoms with Crippen molar-refractivity contribution in [1.82, 2.24) is 0 Å². The van der Waals surface area contributed by atoms with Gasteiger partial charge in [0.25, 0.3) is 0 Å². The number of Topliss-reactive ketones (excluding diaryl/α,β-unsaturated/α-hetero) is 1. The van der Waals surface area contributed by atoms with Gasteiger partial charge in [0, 0.05) is 5.56 Å². The molecular formula is C24H20O6. The SMILES string of the molecule is O=C(COc1ccc(-c2ccccc2)cc1)OCC(=O)c1ccc2c(c1)OCCO2. The smallest absolute Gasteiger partial charge is 0.344 e. The van der Waals surface area contributed by atoms with Gasteiger partial charge in [-0.25, -0.2) is 4.79 Å². The lowest BCUT2D eigenvalue weighted by molar-refractivity contribution is -0.144. The van der Waals surface area contributed by atoms with Gasteiger partial charge in [0.2, 0.25) is 0 Å². The second-order valence-corrected chi connectivity index (χ2v) is 6.62. The van der Waals surface area contributed by atoms with Crippen molar-refractivity contribution in [3.05, 3.63) is 78.4 Å². The average molecular weight is 404 g/mol. The number of ether oxygens (including phenoxy) is 4. The minimum absolute atomic E-state index is 0.279. The molecule has 30 heavy (non-hydrogen) atoms. The quantitative estimate of drug-likeness (QED) is 0.439. The molecule has 0 saturated carbocycles. The van der Waals surface area contributed by atoms with Crippen LogP contribution >= 0.6 is 0 Å². The molecular weight excluding hydrogens is 384 g/mol. The maximum absolute atomic E-state index is 12.3. The monoisotopic (exact) mass is 404 g/mol. The molecule has 3 aromatic carbocycles. The van der Waals surface area contributed by atoms with E-state index in [2.05, 4.69) is 0 Å². The number of hydrogen-bond acceptors (Lipinski definition) is 6. The molecule has 4 rings (SSSR count). The van der Waals surface area contributed by atoms with Crippen LogP contribution in [0.5, 0.6) is 17.2 Å². The molecule has 0 aromatic heterocycles. The third kappa shape index (κ3) is 4.78. The number of hydrogen-bond donors (Lipinski definition) is 0. The second kappa shape index (κ2) is 9.13. The van der Waals surface area contributed by atoms with Crippen molar-refractivity contribution in [1.29, 1.82) is 0 Å². The van der Waals surface area contributed by atoms with Gasteiger partial charge in [-0.15, -0.1) is 0 Å². The number of carbonyl (C=O) groups excluding carboxylic acids is 2. The van der Waals surface area contributed by atoms with Crippen molar-refractivity contribution in [3.8, 4) is 28.4 Å². The van der Waals surface area contributed by atoms with E-state index >= 15 is 0 Å². The maximum atomic E-state index is 12.3. The second-order valence-electron chi connectivity index (χ2n) is 6.62. The van der Waals surface area contributed by atoms with Crippen LogP contribution in [0.15, 0.2) is 72.8 Å². The minimum atomic E-state index is -0.618. The Labute approximate surface area is 174 Å². The summed E-state index contributed by atoms with van der Waals surface area (Å²) in [5.41, 5.74) is 2.54. The molecule has 1 aliphatic heterocycles. The van der Waals surface area contributed by atoms with E-state index in [-0.39, 0.29) is 19.0 Å². The molecule has 0 fully saturated rings. The van der Waals surface area contributed by atoms with Gasteiger partial charge < -0.3 is 18.9 Å². The topological polar surface area (TPSA) is 71.1 Å². The van der Waals surface area contributed by atoms with E-state index in [0.717, 1.165) is 11.1 Å². The Morgan fingerprint density at radius 1 is 0.767 bits per heavy atom. The van der Waals surface area contributed by atoms with Gasteiger partial charge in [0.15, 0.2) is 30.5 Å². The Morgan fingerprint density at radius 2 is 1.47 bits per heavy atom. The summed E-state index contributed by atoms with van der Waals surface area (Å²) in [6.07, 6.45) is 0. The summed E-state index contributed by atoms with van der Waals surface area (Å²) in [6.45, 7) is 0.268. The predicted octanol–water partition coefficient (Wildman–Crippen LogP) is 3.93. The van der Waals surface area contributed by atoms with Gasteiger partial charge in [-0.3, -0.25) is 4.79 Å².